The van der Waals surface area contributed by atoms with Gasteiger partial charge in [-0.05, 0) is 48.9 Å². The van der Waals surface area contributed by atoms with Crippen LogP contribution in [0.5, 0.6) is 11.5 Å². The Balaban J connectivity index is 1.96. The molecule has 1 unspecified atom stereocenters. The lowest BCUT2D eigenvalue weighted by Gasteiger charge is -2.43. The minimum Gasteiger partial charge on any atom is -0.493 e. The van der Waals surface area contributed by atoms with Crippen LogP contribution >= 0.6 is 0 Å². The molecule has 0 saturated carbocycles. The lowest BCUT2D eigenvalue weighted by molar-refractivity contribution is -0.121. The molecule has 0 fully saturated rings. The van der Waals surface area contributed by atoms with Gasteiger partial charge in [0.2, 0.25) is 5.91 Å². The highest BCUT2D eigenvalue weighted by Gasteiger charge is 2.45. The average Bonchev–Trinajstić information content (AvgIpc) is 2.74. The van der Waals surface area contributed by atoms with Crippen molar-refractivity contribution < 1.29 is 19.1 Å². The SMILES string of the molecule is COc1cccc(C2CC(=O)N(c3cccc(C)c3C)C3=C2C(=O)CC(C)(C)C3)c1OC. The number of allylic oxidation sites excluding steroid dienone is 2. The second-order valence-corrected chi connectivity index (χ2v) is 9.59. The molecule has 5 heteroatoms. The number of carbonyl (C=O) groups is 2. The summed E-state index contributed by atoms with van der Waals surface area (Å²) in [5.74, 6) is 0.928. The monoisotopic (exact) mass is 433 g/mol. The van der Waals surface area contributed by atoms with Crippen LogP contribution < -0.4 is 14.4 Å². The Bertz CT molecular complexity index is 1130. The van der Waals surface area contributed by atoms with Gasteiger partial charge in [0.25, 0.3) is 0 Å². The van der Waals surface area contributed by atoms with Crippen LogP contribution in [-0.2, 0) is 9.59 Å². The number of rotatable bonds is 4. The summed E-state index contributed by atoms with van der Waals surface area (Å²) in [6, 6.07) is 11.6. The van der Waals surface area contributed by atoms with Crippen molar-refractivity contribution in [2.45, 2.75) is 52.9 Å². The molecule has 0 saturated heterocycles. The van der Waals surface area contributed by atoms with Crippen molar-refractivity contribution >= 4 is 17.4 Å². The second-order valence-electron chi connectivity index (χ2n) is 9.59. The smallest absolute Gasteiger partial charge is 0.232 e. The van der Waals surface area contributed by atoms with Crippen LogP contribution in [0.2, 0.25) is 0 Å². The summed E-state index contributed by atoms with van der Waals surface area (Å²) >= 11 is 0. The van der Waals surface area contributed by atoms with Crippen molar-refractivity contribution in [1.82, 2.24) is 0 Å². The molecule has 0 aromatic heterocycles. The first-order chi connectivity index (χ1) is 15.2. The molecule has 1 aliphatic carbocycles. The topological polar surface area (TPSA) is 55.8 Å². The first-order valence-corrected chi connectivity index (χ1v) is 11.0. The minimum absolute atomic E-state index is 0.00202. The maximum atomic E-state index is 13.7. The molecule has 0 radical (unpaired) electrons. The van der Waals surface area contributed by atoms with Crippen LogP contribution in [0.25, 0.3) is 0 Å². The number of para-hydroxylation sites is 1. The van der Waals surface area contributed by atoms with Crippen LogP contribution in [0, 0.1) is 19.3 Å². The highest BCUT2D eigenvalue weighted by Crippen LogP contribution is 2.51. The van der Waals surface area contributed by atoms with Crippen LogP contribution in [0.15, 0.2) is 47.7 Å². The normalized spacial score (nSPS) is 20.3. The first kappa shape index (κ1) is 22.1. The Morgan fingerprint density at radius 3 is 2.38 bits per heavy atom. The molecule has 1 aliphatic heterocycles. The number of aryl methyl sites for hydroxylation is 1. The number of nitrogens with zero attached hydrogens (tertiary/aromatic N) is 1. The molecule has 0 N–H and O–H groups in total. The molecule has 1 atom stereocenters. The van der Waals surface area contributed by atoms with E-state index in [-0.39, 0.29) is 29.4 Å². The molecule has 1 heterocycles. The Hall–Kier alpha value is -3.08. The molecule has 2 aliphatic rings. The summed E-state index contributed by atoms with van der Waals surface area (Å²) in [5, 5.41) is 0. The van der Waals surface area contributed by atoms with Gasteiger partial charge >= 0.3 is 0 Å². The van der Waals surface area contributed by atoms with E-state index in [4.69, 9.17) is 9.47 Å². The van der Waals surface area contributed by atoms with Gasteiger partial charge in [-0.3, -0.25) is 14.5 Å². The van der Waals surface area contributed by atoms with E-state index in [0.29, 0.717) is 24.3 Å². The molecular weight excluding hydrogens is 402 g/mol. The number of ketones is 1. The first-order valence-electron chi connectivity index (χ1n) is 11.0. The summed E-state index contributed by atoms with van der Waals surface area (Å²) in [5.41, 5.74) is 5.20. The number of hydrogen-bond acceptors (Lipinski definition) is 4. The molecule has 32 heavy (non-hydrogen) atoms. The highest BCUT2D eigenvalue weighted by molar-refractivity contribution is 6.08. The van der Waals surface area contributed by atoms with E-state index in [0.717, 1.165) is 33.6 Å². The fraction of sp³-hybridized carbons (Fsp3) is 0.407. The number of hydrogen-bond donors (Lipinski definition) is 0. The van der Waals surface area contributed by atoms with Gasteiger partial charge in [0.1, 0.15) is 0 Å². The number of amides is 1. The summed E-state index contributed by atoms with van der Waals surface area (Å²) in [4.78, 5) is 29.0. The maximum absolute atomic E-state index is 13.7. The fourth-order valence-corrected chi connectivity index (χ4v) is 5.12. The lowest BCUT2D eigenvalue weighted by atomic mass is 9.69. The standard InChI is InChI=1S/C27H31NO4/c1-16-9-7-11-20(17(16)2)28-21-14-27(3,4)15-22(29)25(21)19(13-24(28)30)18-10-8-12-23(31-5)26(18)32-6/h7-12,19H,13-15H2,1-6H3. The predicted octanol–water partition coefficient (Wildman–Crippen LogP) is 5.48. The average molecular weight is 434 g/mol. The molecule has 5 nitrogen and oxygen atoms in total. The quantitative estimate of drug-likeness (QED) is 0.640. The van der Waals surface area contributed by atoms with Crippen LogP contribution in [0.1, 0.15) is 55.7 Å². The molecule has 4 rings (SSSR count). The molecule has 2 aromatic carbocycles. The van der Waals surface area contributed by atoms with Crippen LogP contribution in [0.3, 0.4) is 0 Å². The molecule has 168 valence electrons. The lowest BCUT2D eigenvalue weighted by Crippen LogP contribution is -2.44. The number of methoxy groups -OCH3 is 2. The van der Waals surface area contributed by atoms with Crippen LogP contribution in [-0.4, -0.2) is 25.9 Å². The summed E-state index contributed by atoms with van der Waals surface area (Å²) < 4.78 is 11.2. The third-order valence-electron chi connectivity index (χ3n) is 6.77. The van der Waals surface area contributed by atoms with E-state index in [1.54, 1.807) is 19.1 Å². The Morgan fingerprint density at radius 1 is 0.969 bits per heavy atom. The zero-order valence-corrected chi connectivity index (χ0v) is 19.7. The van der Waals surface area contributed by atoms with E-state index >= 15 is 0 Å². The Kier molecular flexibility index (Phi) is 5.61. The number of carbonyl (C=O) groups excluding carboxylic acids is 2. The van der Waals surface area contributed by atoms with Crippen molar-refractivity contribution in [3.05, 3.63) is 64.4 Å². The van der Waals surface area contributed by atoms with Gasteiger partial charge in [0, 0.05) is 35.6 Å². The largest absolute Gasteiger partial charge is 0.493 e. The summed E-state index contributed by atoms with van der Waals surface area (Å²) in [6.45, 7) is 8.26. The Morgan fingerprint density at radius 2 is 1.69 bits per heavy atom. The van der Waals surface area contributed by atoms with Gasteiger partial charge in [-0.2, -0.15) is 0 Å². The van der Waals surface area contributed by atoms with Crippen LogP contribution in [0.4, 0.5) is 5.69 Å². The maximum Gasteiger partial charge on any atom is 0.232 e. The second kappa shape index (κ2) is 8.12. The molecule has 1 amide bonds. The Labute approximate surface area is 190 Å². The fourth-order valence-electron chi connectivity index (χ4n) is 5.12. The number of Topliss-reactive ketones (excluding diaryl/α,β-unsaturated/α-hetero) is 1. The zero-order valence-electron chi connectivity index (χ0n) is 19.7. The van der Waals surface area contributed by atoms with Crippen molar-refractivity contribution in [1.29, 1.82) is 0 Å². The third kappa shape index (κ3) is 3.60. The van der Waals surface area contributed by atoms with E-state index < -0.39 is 0 Å². The van der Waals surface area contributed by atoms with Crippen molar-refractivity contribution in [2.24, 2.45) is 5.41 Å². The number of ether oxygens (including phenoxy) is 2. The van der Waals surface area contributed by atoms with Gasteiger partial charge in [-0.1, -0.05) is 38.1 Å². The van der Waals surface area contributed by atoms with Gasteiger partial charge in [0.05, 0.1) is 19.9 Å². The van der Waals surface area contributed by atoms with Gasteiger partial charge < -0.3 is 9.47 Å². The summed E-state index contributed by atoms with van der Waals surface area (Å²) in [6.07, 6.45) is 1.33. The highest BCUT2D eigenvalue weighted by atomic mass is 16.5. The van der Waals surface area contributed by atoms with E-state index in [9.17, 15) is 9.59 Å². The van der Waals surface area contributed by atoms with Crippen molar-refractivity contribution in [2.75, 3.05) is 19.1 Å². The molecule has 2 aromatic rings. The van der Waals surface area contributed by atoms with E-state index in [1.807, 2.05) is 50.2 Å². The number of anilines is 1. The van der Waals surface area contributed by atoms with Crippen molar-refractivity contribution in [3.63, 3.8) is 0 Å². The van der Waals surface area contributed by atoms with E-state index in [2.05, 4.69) is 13.8 Å². The van der Waals surface area contributed by atoms with Gasteiger partial charge in [0.15, 0.2) is 17.3 Å². The van der Waals surface area contributed by atoms with Gasteiger partial charge in [-0.15, -0.1) is 0 Å². The number of benzene rings is 2. The molecule has 0 spiro atoms. The third-order valence-corrected chi connectivity index (χ3v) is 6.77. The predicted molar refractivity (Wildman–Crippen MR) is 125 cm³/mol. The zero-order chi connectivity index (χ0) is 23.2. The molecular formula is C27H31NO4. The van der Waals surface area contributed by atoms with E-state index in [1.165, 1.54) is 0 Å². The van der Waals surface area contributed by atoms with Gasteiger partial charge in [-0.25, -0.2) is 0 Å². The molecule has 0 bridgehead atoms. The summed E-state index contributed by atoms with van der Waals surface area (Å²) in [7, 11) is 3.18. The minimum atomic E-state index is -0.354. The van der Waals surface area contributed by atoms with Crippen molar-refractivity contribution in [3.8, 4) is 11.5 Å².